The van der Waals surface area contributed by atoms with E-state index in [0.717, 1.165) is 108 Å². The van der Waals surface area contributed by atoms with E-state index in [-0.39, 0.29) is 0 Å². The molecule has 0 radical (unpaired) electrons. The minimum Gasteiger partial charge on any atom is -0.756 e. The normalized spacial score (nSPS) is 30.4. The van der Waals surface area contributed by atoms with Crippen LogP contribution in [0.3, 0.4) is 0 Å². The predicted octanol–water partition coefficient (Wildman–Crippen LogP) is 9.95. The largest absolute Gasteiger partial charge is 0.756 e. The molecule has 21 nitrogen and oxygen atoms in total. The molecule has 2 unspecified atom stereocenters. The molecule has 3 rings (SSSR count). The van der Waals surface area contributed by atoms with E-state index in [1.165, 1.54) is 63.2 Å². The van der Waals surface area contributed by atoms with Gasteiger partial charge in [0.15, 0.2) is 18.9 Å². The molecule has 91 heavy (non-hydrogen) atoms. The third-order valence-electron chi connectivity index (χ3n) is 16.5. The van der Waals surface area contributed by atoms with Crippen LogP contribution in [0, 0.1) is 0 Å². The molecule has 23 heteroatoms. The van der Waals surface area contributed by atoms with Gasteiger partial charge in [-0.3, -0.25) is 13.7 Å². The monoisotopic (exact) mass is 1330 g/mol. The molecule has 9 N–H and O–H groups in total. The third-order valence-corrected chi connectivity index (χ3v) is 19.0. The topological polar surface area (TPSA) is 336 Å². The second kappa shape index (κ2) is 42.6. The summed E-state index contributed by atoms with van der Waals surface area (Å²) >= 11 is 0. The molecular weight excluding hydrogens is 1210 g/mol. The van der Waals surface area contributed by atoms with Crippen molar-refractivity contribution in [2.45, 2.75) is 291 Å². The Kier molecular flexibility index (Phi) is 38.6. The molecular formula is C68H112O21P2-2. The van der Waals surface area contributed by atoms with Crippen LogP contribution < -0.4 is 9.79 Å². The highest BCUT2D eigenvalue weighted by atomic mass is 31.3. The van der Waals surface area contributed by atoms with Crippen LogP contribution in [0.25, 0.3) is 0 Å². The zero-order valence-corrected chi connectivity index (χ0v) is 57.9. The Labute approximate surface area is 542 Å². The van der Waals surface area contributed by atoms with Crippen LogP contribution in [0.5, 0.6) is 0 Å². The van der Waals surface area contributed by atoms with Gasteiger partial charge in [-0.2, -0.15) is 0 Å². The van der Waals surface area contributed by atoms with Crippen LogP contribution in [0.15, 0.2) is 116 Å². The van der Waals surface area contributed by atoms with Crippen molar-refractivity contribution >= 4 is 15.6 Å². The zero-order valence-electron chi connectivity index (χ0n) is 56.1. The Morgan fingerprint density at radius 1 is 0.385 bits per heavy atom. The quantitative estimate of drug-likeness (QED) is 0.0203. The molecule has 3 fully saturated rings. The molecule has 3 aliphatic heterocycles. The first-order valence-corrected chi connectivity index (χ1v) is 35.2. The molecule has 0 aromatic carbocycles. The van der Waals surface area contributed by atoms with Crippen LogP contribution >= 0.6 is 15.6 Å². The average molecular weight is 1330 g/mol. The molecule has 0 spiro atoms. The predicted molar refractivity (Wildman–Crippen MR) is 347 cm³/mol. The lowest BCUT2D eigenvalue weighted by atomic mass is 9.96. The third kappa shape index (κ3) is 31.7. The minimum atomic E-state index is -5.98. The van der Waals surface area contributed by atoms with Crippen molar-refractivity contribution in [3.63, 3.8) is 0 Å². The van der Waals surface area contributed by atoms with Crippen molar-refractivity contribution in [1.82, 2.24) is 0 Å². The van der Waals surface area contributed by atoms with Gasteiger partial charge in [-0.25, -0.2) is 4.31 Å². The van der Waals surface area contributed by atoms with Crippen molar-refractivity contribution in [1.29, 1.82) is 0 Å². The number of hydrogen-bond acceptors (Lipinski definition) is 21. The Morgan fingerprint density at radius 3 is 1.08 bits per heavy atom. The van der Waals surface area contributed by atoms with Crippen LogP contribution in [0.4, 0.5) is 0 Å². The lowest BCUT2D eigenvalue weighted by Gasteiger charge is -2.48. The van der Waals surface area contributed by atoms with Crippen molar-refractivity contribution < 1.29 is 102 Å². The standard InChI is InChI=1S/C68H114O21P2/c1-44(2)22-13-23-45(3)24-14-25-46(4)26-15-27-47(5)28-16-29-48(6)30-17-31-49(7)32-18-33-50(8)34-19-35-51(9)36-20-37-52(10)38-21-39-53(11)40-41-82-90(78,79)89-91(80,81)88-68-63(77)65(58(72)56(43-70)85-68)87-66-62(76)60(74)64(54(12)83-66)86-67-61(75)59(73)57(71)55(42-69)84-67/h22,24,26,28,30,32,34,36,38,40,54-77H,13-21,23,25,27,29,31,33,35,37,39,41-43H2,1-12H3,(H,78,79)(H,80,81)/p-2/t54-,55+,56+,57+,58-,59-,60-,61-,62+,63+,64-,65-,66-,67+,68-/m0/s1. The van der Waals surface area contributed by atoms with Gasteiger partial charge in [0.1, 0.15) is 67.1 Å². The van der Waals surface area contributed by atoms with Gasteiger partial charge in [-0.05, 0) is 199 Å². The molecule has 522 valence electrons. The van der Waals surface area contributed by atoms with Gasteiger partial charge >= 0.3 is 0 Å². The van der Waals surface area contributed by atoms with Gasteiger partial charge in [0.05, 0.1) is 25.9 Å². The van der Waals surface area contributed by atoms with E-state index in [2.05, 4.69) is 128 Å². The van der Waals surface area contributed by atoms with E-state index < -0.39 is 128 Å². The zero-order chi connectivity index (χ0) is 68.0. The molecule has 0 saturated carbocycles. The van der Waals surface area contributed by atoms with Crippen molar-refractivity contribution in [3.05, 3.63) is 116 Å². The minimum absolute atomic E-state index is 0.560. The van der Waals surface area contributed by atoms with Gasteiger partial charge in [-0.15, -0.1) is 0 Å². The first-order chi connectivity index (χ1) is 42.9. The molecule has 3 aliphatic rings. The molecule has 0 bridgehead atoms. The van der Waals surface area contributed by atoms with Gasteiger partial charge in [0.25, 0.3) is 15.6 Å². The molecule has 3 saturated heterocycles. The van der Waals surface area contributed by atoms with Gasteiger partial charge in [0, 0.05) is 0 Å². The summed E-state index contributed by atoms with van der Waals surface area (Å²) in [5.74, 6) is 0. The fourth-order valence-electron chi connectivity index (χ4n) is 10.5. The summed E-state index contributed by atoms with van der Waals surface area (Å²) in [5.41, 5.74) is 13.5. The summed E-state index contributed by atoms with van der Waals surface area (Å²) in [6.07, 6.45) is 13.2. The van der Waals surface area contributed by atoms with Crippen LogP contribution in [0.2, 0.25) is 0 Å². The Morgan fingerprint density at radius 2 is 0.703 bits per heavy atom. The number of hydrogen-bond donors (Lipinski definition) is 9. The van der Waals surface area contributed by atoms with Crippen LogP contribution in [-0.2, 0) is 46.2 Å². The number of aliphatic hydroxyl groups excluding tert-OH is 9. The number of rotatable bonds is 40. The molecule has 0 aromatic heterocycles. The highest BCUT2D eigenvalue weighted by Crippen LogP contribution is 2.57. The number of phosphoric acid groups is 2. The number of phosphoric ester groups is 2. The first kappa shape index (κ1) is 82.3. The maximum absolute atomic E-state index is 12.9. The SMILES string of the molecule is CC(C)=CCCC(C)=CCCC(C)=CCCC(C)=CCCC(C)=CCCC(C)=CCCC(C)=CCCC(C)=CCCC(C)=CCCC(C)=CCOP(=O)([O-])OP(=O)([O-])O[C@@H]1O[C@H](CO)[C@H](O)[C@H](O[C@@H]2O[C@@H](C)[C@H](O[C@H]3O[C@H](CO)[C@@H](O)[C@H](O)[C@@H]3O)[C@@H](O)[C@H]2O)[C@H]1O. The van der Waals surface area contributed by atoms with Crippen molar-refractivity contribution in [2.24, 2.45) is 0 Å². The second-order valence-corrected chi connectivity index (χ2v) is 28.2. The summed E-state index contributed by atoms with van der Waals surface area (Å²) < 4.78 is 66.5. The summed E-state index contributed by atoms with van der Waals surface area (Å²) in [5, 5.41) is 93.9. The average Bonchev–Trinajstić information content (AvgIpc) is 1.04. The first-order valence-electron chi connectivity index (χ1n) is 32.3. The maximum Gasteiger partial charge on any atom is 0.276 e. The highest BCUT2D eigenvalue weighted by molar-refractivity contribution is 7.59. The van der Waals surface area contributed by atoms with Crippen LogP contribution in [0.1, 0.15) is 199 Å². The summed E-state index contributed by atoms with van der Waals surface area (Å²) in [6.45, 7) is 22.7. The van der Waals surface area contributed by atoms with E-state index in [0.29, 0.717) is 12.8 Å². The fourth-order valence-corrected chi connectivity index (χ4v) is 12.5. The summed E-state index contributed by atoms with van der Waals surface area (Å²) in [7, 11) is -11.6. The lowest BCUT2D eigenvalue weighted by molar-refractivity contribution is -0.375. The molecule has 0 aliphatic carbocycles. The molecule has 17 atom stereocenters. The number of ether oxygens (including phenoxy) is 5. The lowest BCUT2D eigenvalue weighted by Crippen LogP contribution is -2.66. The van der Waals surface area contributed by atoms with Crippen molar-refractivity contribution in [3.8, 4) is 0 Å². The highest BCUT2D eigenvalue weighted by Gasteiger charge is 2.53. The van der Waals surface area contributed by atoms with Gasteiger partial charge in [-0.1, -0.05) is 116 Å². The number of aliphatic hydroxyl groups is 9. The summed E-state index contributed by atoms with van der Waals surface area (Å²) in [6, 6.07) is 0. The van der Waals surface area contributed by atoms with E-state index in [4.69, 9.17) is 32.7 Å². The van der Waals surface area contributed by atoms with Crippen LogP contribution in [-0.4, -0.2) is 158 Å². The van der Waals surface area contributed by atoms with Crippen molar-refractivity contribution in [2.75, 3.05) is 19.8 Å². The van der Waals surface area contributed by atoms with Gasteiger partial charge in [0.2, 0.25) is 0 Å². The van der Waals surface area contributed by atoms with E-state index >= 15 is 0 Å². The Hall–Kier alpha value is -2.90. The molecule has 3 heterocycles. The van der Waals surface area contributed by atoms with Gasteiger partial charge < -0.3 is 84.0 Å². The van der Waals surface area contributed by atoms with E-state index in [1.54, 1.807) is 6.92 Å². The second-order valence-electron chi connectivity index (χ2n) is 25.3. The smallest absolute Gasteiger partial charge is 0.276 e. The maximum atomic E-state index is 12.9. The Balaban J connectivity index is 1.33. The van der Waals surface area contributed by atoms with E-state index in [9.17, 15) is 64.9 Å². The molecule has 0 aromatic rings. The summed E-state index contributed by atoms with van der Waals surface area (Å²) in [4.78, 5) is 25.5. The number of allylic oxidation sites excluding steroid dienone is 19. The van der Waals surface area contributed by atoms with E-state index in [1.807, 2.05) is 0 Å². The molecule has 0 amide bonds. The fraction of sp³-hybridized carbons (Fsp3) is 0.706. The Bertz CT molecular complexity index is 2600.